The molecule has 0 atom stereocenters. The maximum Gasteiger partial charge on any atom is 0.224 e. The smallest absolute Gasteiger partial charge is 0.224 e. The van der Waals surface area contributed by atoms with Crippen molar-refractivity contribution in [1.82, 2.24) is 30.1 Å². The van der Waals surface area contributed by atoms with Gasteiger partial charge in [0, 0.05) is 29.9 Å². The highest BCUT2D eigenvalue weighted by Gasteiger charge is 2.15. The molecule has 5 heterocycles. The van der Waals surface area contributed by atoms with Crippen molar-refractivity contribution in [1.29, 1.82) is 0 Å². The Hall–Kier alpha value is -4.37. The van der Waals surface area contributed by atoms with E-state index in [2.05, 4.69) is 30.5 Å². The molecule has 0 aliphatic carbocycles. The van der Waals surface area contributed by atoms with Gasteiger partial charge in [0.05, 0.1) is 28.3 Å². The first kappa shape index (κ1) is 24.3. The number of para-hydroxylation sites is 1. The molecule has 1 aromatic carbocycles. The Morgan fingerprint density at radius 2 is 1.86 bits per heavy atom. The van der Waals surface area contributed by atoms with Gasteiger partial charge >= 0.3 is 0 Å². The molecule has 9 heteroatoms. The average molecular weight is 510 g/mol. The monoisotopic (exact) mass is 509 g/mol. The van der Waals surface area contributed by atoms with Gasteiger partial charge in [-0.05, 0) is 47.4 Å². The predicted molar refractivity (Wildman–Crippen MR) is 149 cm³/mol. The number of pyridine rings is 2. The van der Waals surface area contributed by atoms with Gasteiger partial charge < -0.3 is 10.3 Å². The summed E-state index contributed by atoms with van der Waals surface area (Å²) in [6.45, 7) is 6.07. The van der Waals surface area contributed by atoms with E-state index in [1.807, 2.05) is 74.0 Å². The van der Waals surface area contributed by atoms with Gasteiger partial charge in [-0.25, -0.2) is 9.97 Å². The molecule has 186 valence electrons. The number of hydrogen-bond donors (Lipinski definition) is 3. The summed E-state index contributed by atoms with van der Waals surface area (Å²) >= 11 is 1.71. The van der Waals surface area contributed by atoms with Crippen LogP contribution >= 0.6 is 11.3 Å². The van der Waals surface area contributed by atoms with Gasteiger partial charge in [-0.1, -0.05) is 38.1 Å². The molecule has 5 aromatic heterocycles. The van der Waals surface area contributed by atoms with Crippen LogP contribution in [0, 0.1) is 12.8 Å². The highest BCUT2D eigenvalue weighted by Crippen LogP contribution is 2.30. The summed E-state index contributed by atoms with van der Waals surface area (Å²) < 4.78 is 0. The molecule has 0 saturated carbocycles. The lowest BCUT2D eigenvalue weighted by molar-refractivity contribution is -0.116. The summed E-state index contributed by atoms with van der Waals surface area (Å²) in [6, 6.07) is 14.0. The van der Waals surface area contributed by atoms with E-state index in [0.29, 0.717) is 29.5 Å². The number of aromatic amines is 2. The van der Waals surface area contributed by atoms with E-state index in [0.717, 1.165) is 38.8 Å². The molecule has 37 heavy (non-hydrogen) atoms. The first-order chi connectivity index (χ1) is 18.0. The zero-order valence-electron chi connectivity index (χ0n) is 20.8. The van der Waals surface area contributed by atoms with Gasteiger partial charge in [-0.15, -0.1) is 0 Å². The Morgan fingerprint density at radius 1 is 1.05 bits per heavy atom. The number of carbonyl (C=O) groups is 1. The molecule has 3 N–H and O–H groups in total. The molecule has 6 rings (SSSR count). The minimum Gasteiger partial charge on any atom is -0.337 e. The summed E-state index contributed by atoms with van der Waals surface area (Å²) in [7, 11) is 0. The summed E-state index contributed by atoms with van der Waals surface area (Å²) in [4.78, 5) is 29.1. The molecule has 0 bridgehead atoms. The van der Waals surface area contributed by atoms with Crippen LogP contribution in [-0.4, -0.2) is 36.0 Å². The minimum atomic E-state index is -0.0233. The Bertz CT molecular complexity index is 1630. The standard InChI is InChI=1S/C24H23N7O.C4H4S/c1-13(2)7-20(32)27-17-8-15(10-25-12-17)16-9-18-22(30-31-23(18)26-11-16)24-28-19-6-4-5-14(3)21(19)29-24;1-2-4-5-3-1/h4-6,8-13H,7H2,1-3H3,(H,27,32)(H,28,29)(H,26,30,31);1-4H. The fourth-order valence-electron chi connectivity index (χ4n) is 4.01. The fourth-order valence-corrected chi connectivity index (χ4v) is 4.46. The number of anilines is 1. The number of amides is 1. The molecule has 0 unspecified atom stereocenters. The van der Waals surface area contributed by atoms with Crippen molar-refractivity contribution in [3.05, 3.63) is 77.4 Å². The zero-order chi connectivity index (χ0) is 25.8. The lowest BCUT2D eigenvalue weighted by atomic mass is 10.1. The van der Waals surface area contributed by atoms with E-state index in [9.17, 15) is 4.79 Å². The number of benzene rings is 1. The van der Waals surface area contributed by atoms with E-state index in [4.69, 9.17) is 4.98 Å². The van der Waals surface area contributed by atoms with Gasteiger partial charge in [0.15, 0.2) is 11.5 Å². The second-order valence-corrected chi connectivity index (χ2v) is 9.97. The summed E-state index contributed by atoms with van der Waals surface area (Å²) in [5.41, 5.74) is 6.79. The van der Waals surface area contributed by atoms with Crippen LogP contribution in [0.4, 0.5) is 5.69 Å². The quantitative estimate of drug-likeness (QED) is 0.242. The molecule has 8 nitrogen and oxygen atoms in total. The number of nitrogens with one attached hydrogen (secondary N) is 3. The van der Waals surface area contributed by atoms with Crippen LogP contribution in [0.2, 0.25) is 0 Å². The number of thiophene rings is 1. The molecular formula is C28H27N7OS. The van der Waals surface area contributed by atoms with Crippen LogP contribution in [-0.2, 0) is 4.79 Å². The number of fused-ring (bicyclic) bond motifs is 2. The molecule has 0 aliphatic rings. The van der Waals surface area contributed by atoms with E-state index in [1.165, 1.54) is 0 Å². The van der Waals surface area contributed by atoms with Crippen LogP contribution in [0.25, 0.3) is 44.7 Å². The molecule has 6 aromatic rings. The topological polar surface area (TPSA) is 112 Å². The highest BCUT2D eigenvalue weighted by atomic mass is 32.1. The molecule has 0 radical (unpaired) electrons. The lowest BCUT2D eigenvalue weighted by Gasteiger charge is -2.08. The number of aromatic nitrogens is 6. The Labute approximate surface area is 218 Å². The predicted octanol–water partition coefficient (Wildman–Crippen LogP) is 6.60. The van der Waals surface area contributed by atoms with Crippen LogP contribution < -0.4 is 5.32 Å². The number of H-pyrrole nitrogens is 2. The third kappa shape index (κ3) is 5.57. The van der Waals surface area contributed by atoms with E-state index in [-0.39, 0.29) is 5.91 Å². The first-order valence-corrected chi connectivity index (χ1v) is 12.9. The van der Waals surface area contributed by atoms with Crippen LogP contribution in [0.15, 0.2) is 71.8 Å². The molecular weight excluding hydrogens is 482 g/mol. The van der Waals surface area contributed by atoms with Gasteiger partial charge in [0.2, 0.25) is 5.91 Å². The van der Waals surface area contributed by atoms with Crippen LogP contribution in [0.3, 0.4) is 0 Å². The number of rotatable bonds is 5. The average Bonchev–Trinajstić information content (AvgIpc) is 3.65. The van der Waals surface area contributed by atoms with Crippen LogP contribution in [0.1, 0.15) is 25.8 Å². The van der Waals surface area contributed by atoms with Crippen molar-refractivity contribution in [3.8, 4) is 22.6 Å². The van der Waals surface area contributed by atoms with Crippen molar-refractivity contribution in [3.63, 3.8) is 0 Å². The van der Waals surface area contributed by atoms with E-state index >= 15 is 0 Å². The van der Waals surface area contributed by atoms with Gasteiger partial charge in [0.1, 0.15) is 5.69 Å². The van der Waals surface area contributed by atoms with Gasteiger partial charge in [-0.2, -0.15) is 16.4 Å². The Kier molecular flexibility index (Phi) is 7.04. The number of nitrogens with zero attached hydrogens (tertiary/aromatic N) is 4. The molecule has 0 saturated heterocycles. The maximum absolute atomic E-state index is 12.1. The minimum absolute atomic E-state index is 0.0233. The second kappa shape index (κ2) is 10.7. The number of carbonyl (C=O) groups excluding carboxylic acids is 1. The third-order valence-electron chi connectivity index (χ3n) is 5.74. The Morgan fingerprint density at radius 3 is 2.59 bits per heavy atom. The van der Waals surface area contributed by atoms with Crippen molar-refractivity contribution in [2.75, 3.05) is 5.32 Å². The second-order valence-electron chi connectivity index (χ2n) is 9.15. The molecule has 0 spiro atoms. The van der Waals surface area contributed by atoms with E-state index < -0.39 is 0 Å². The SMILES string of the molecule is Cc1cccc2[nH]c(-c3[nH]nc4ncc(-c5cncc(NC(=O)CC(C)C)c5)cc34)nc12.c1ccsc1. The van der Waals surface area contributed by atoms with Crippen molar-refractivity contribution in [2.45, 2.75) is 27.2 Å². The summed E-state index contributed by atoms with van der Waals surface area (Å²) in [5.74, 6) is 0.979. The number of aryl methyl sites for hydroxylation is 1. The van der Waals surface area contributed by atoms with E-state index in [1.54, 1.807) is 29.9 Å². The number of hydrogen-bond acceptors (Lipinski definition) is 6. The largest absolute Gasteiger partial charge is 0.337 e. The first-order valence-electron chi connectivity index (χ1n) is 12.0. The molecule has 1 amide bonds. The van der Waals surface area contributed by atoms with Gasteiger partial charge in [0.25, 0.3) is 0 Å². The normalized spacial score (nSPS) is 11.0. The Balaban J connectivity index is 0.000000503. The molecule has 0 fully saturated rings. The summed E-state index contributed by atoms with van der Waals surface area (Å²) in [6.07, 6.45) is 5.62. The lowest BCUT2D eigenvalue weighted by Crippen LogP contribution is -2.13. The fraction of sp³-hybridized carbons (Fsp3) is 0.179. The van der Waals surface area contributed by atoms with Gasteiger partial charge in [-0.3, -0.25) is 14.9 Å². The van der Waals surface area contributed by atoms with Crippen LogP contribution in [0.5, 0.6) is 0 Å². The van der Waals surface area contributed by atoms with Crippen molar-refractivity contribution < 1.29 is 4.79 Å². The maximum atomic E-state index is 12.1. The third-order valence-corrected chi connectivity index (χ3v) is 6.36. The van der Waals surface area contributed by atoms with Crippen molar-refractivity contribution in [2.24, 2.45) is 5.92 Å². The molecule has 0 aliphatic heterocycles. The zero-order valence-corrected chi connectivity index (χ0v) is 21.6. The highest BCUT2D eigenvalue weighted by molar-refractivity contribution is 7.07. The summed E-state index contributed by atoms with van der Waals surface area (Å²) in [5, 5.41) is 15.3. The number of imidazole rings is 1. The van der Waals surface area contributed by atoms with Crippen molar-refractivity contribution >= 4 is 45.0 Å².